The van der Waals surface area contributed by atoms with Crippen molar-refractivity contribution in [3.63, 3.8) is 0 Å². The van der Waals surface area contributed by atoms with Gasteiger partial charge in [-0.05, 0) is 17.7 Å². The van der Waals surface area contributed by atoms with Crippen LogP contribution in [0.3, 0.4) is 0 Å². The Labute approximate surface area is 66.1 Å². The van der Waals surface area contributed by atoms with Crippen LogP contribution in [-0.2, 0) is 0 Å². The first kappa shape index (κ1) is 8.08. The first-order chi connectivity index (χ1) is 5.24. The number of hydrogen-bond donors (Lipinski definition) is 2. The minimum atomic E-state index is 0.144. The highest BCUT2D eigenvalue weighted by atomic mass is 16.3. The Kier molecular flexibility index (Phi) is 2.49. The second-order valence-corrected chi connectivity index (χ2v) is 2.68. The van der Waals surface area contributed by atoms with Gasteiger partial charge in [-0.2, -0.15) is 0 Å². The van der Waals surface area contributed by atoms with Gasteiger partial charge in [-0.25, -0.2) is 0 Å². The third-order valence-corrected chi connectivity index (χ3v) is 1.74. The molecule has 0 amide bonds. The van der Waals surface area contributed by atoms with E-state index in [1.165, 1.54) is 0 Å². The molecule has 1 aromatic rings. The molecule has 1 atom stereocenters. The summed E-state index contributed by atoms with van der Waals surface area (Å²) in [5.41, 5.74) is 1.05. The van der Waals surface area contributed by atoms with Crippen LogP contribution < -0.4 is 0 Å². The molecular formula is C9H12O2. The van der Waals surface area contributed by atoms with Crippen LogP contribution >= 0.6 is 0 Å². The number of phenols is 1. The van der Waals surface area contributed by atoms with E-state index in [4.69, 9.17) is 10.2 Å². The minimum Gasteiger partial charge on any atom is -0.508 e. The molecule has 0 aromatic heterocycles. The number of phenolic OH excluding ortho intramolecular Hbond substituents is 1. The molecule has 2 nitrogen and oxygen atoms in total. The van der Waals surface area contributed by atoms with Crippen molar-refractivity contribution >= 4 is 0 Å². The Hall–Kier alpha value is -1.02. The summed E-state index contributed by atoms with van der Waals surface area (Å²) in [7, 11) is 0. The Morgan fingerprint density at radius 3 is 2.27 bits per heavy atom. The standard InChI is InChI=1S/C9H12O2/c1-7(6-10)8-2-4-9(11)5-3-8/h2-5,7,10-11H,6H2,1H3/t7-/m0/s1. The summed E-state index contributed by atoms with van der Waals surface area (Å²) in [6.45, 7) is 2.08. The maximum Gasteiger partial charge on any atom is 0.115 e. The zero-order valence-electron chi connectivity index (χ0n) is 6.49. The maximum atomic E-state index is 8.95. The highest BCUT2D eigenvalue weighted by molar-refractivity contribution is 5.27. The number of benzene rings is 1. The lowest BCUT2D eigenvalue weighted by Crippen LogP contribution is -1.97. The quantitative estimate of drug-likeness (QED) is 0.674. The highest BCUT2D eigenvalue weighted by Crippen LogP contribution is 2.17. The second-order valence-electron chi connectivity index (χ2n) is 2.68. The SMILES string of the molecule is C[C@@H](CO)c1ccc(O)cc1. The van der Waals surface area contributed by atoms with Crippen LogP contribution in [0.15, 0.2) is 24.3 Å². The number of aliphatic hydroxyl groups excluding tert-OH is 1. The molecular weight excluding hydrogens is 140 g/mol. The molecule has 0 fully saturated rings. The van der Waals surface area contributed by atoms with Crippen molar-refractivity contribution in [1.82, 2.24) is 0 Å². The normalized spacial score (nSPS) is 12.9. The Bertz CT molecular complexity index is 216. The fourth-order valence-corrected chi connectivity index (χ4v) is 0.908. The van der Waals surface area contributed by atoms with Crippen molar-refractivity contribution in [1.29, 1.82) is 0 Å². The number of aliphatic hydroxyl groups is 1. The average Bonchev–Trinajstić information content (AvgIpc) is 2.05. The van der Waals surface area contributed by atoms with Gasteiger partial charge in [0.1, 0.15) is 5.75 Å². The van der Waals surface area contributed by atoms with E-state index < -0.39 is 0 Å². The number of hydrogen-bond acceptors (Lipinski definition) is 2. The van der Waals surface area contributed by atoms with Crippen molar-refractivity contribution in [2.24, 2.45) is 0 Å². The Morgan fingerprint density at radius 1 is 1.27 bits per heavy atom. The molecule has 11 heavy (non-hydrogen) atoms. The summed E-state index contributed by atoms with van der Waals surface area (Å²) >= 11 is 0. The summed E-state index contributed by atoms with van der Waals surface area (Å²) < 4.78 is 0. The van der Waals surface area contributed by atoms with E-state index in [0.29, 0.717) is 0 Å². The van der Waals surface area contributed by atoms with Crippen molar-refractivity contribution in [2.45, 2.75) is 12.8 Å². The lowest BCUT2D eigenvalue weighted by molar-refractivity contribution is 0.273. The van der Waals surface area contributed by atoms with E-state index in [9.17, 15) is 0 Å². The first-order valence-corrected chi connectivity index (χ1v) is 3.64. The van der Waals surface area contributed by atoms with Gasteiger partial charge < -0.3 is 10.2 Å². The minimum absolute atomic E-state index is 0.144. The van der Waals surface area contributed by atoms with Gasteiger partial charge in [-0.15, -0.1) is 0 Å². The van der Waals surface area contributed by atoms with Crippen molar-refractivity contribution in [3.05, 3.63) is 29.8 Å². The monoisotopic (exact) mass is 152 g/mol. The van der Waals surface area contributed by atoms with E-state index in [1.807, 2.05) is 19.1 Å². The van der Waals surface area contributed by atoms with Crippen LogP contribution in [0.1, 0.15) is 18.4 Å². The average molecular weight is 152 g/mol. The largest absolute Gasteiger partial charge is 0.508 e. The van der Waals surface area contributed by atoms with Gasteiger partial charge in [-0.1, -0.05) is 19.1 Å². The maximum absolute atomic E-state index is 8.95. The van der Waals surface area contributed by atoms with Crippen LogP contribution in [0.2, 0.25) is 0 Å². The molecule has 0 radical (unpaired) electrons. The molecule has 0 bridgehead atoms. The van der Waals surface area contributed by atoms with Crippen LogP contribution in [0.25, 0.3) is 0 Å². The number of rotatable bonds is 2. The molecule has 2 heteroatoms. The fraction of sp³-hybridized carbons (Fsp3) is 0.333. The van der Waals surface area contributed by atoms with E-state index in [1.54, 1.807) is 12.1 Å². The molecule has 1 rings (SSSR count). The third kappa shape index (κ3) is 1.95. The zero-order chi connectivity index (χ0) is 8.27. The van der Waals surface area contributed by atoms with E-state index >= 15 is 0 Å². The van der Waals surface area contributed by atoms with Gasteiger partial charge in [0.2, 0.25) is 0 Å². The lowest BCUT2D eigenvalue weighted by Gasteiger charge is -2.06. The summed E-state index contributed by atoms with van der Waals surface area (Å²) in [4.78, 5) is 0. The molecule has 0 saturated carbocycles. The van der Waals surface area contributed by atoms with Crippen LogP contribution in [0.4, 0.5) is 0 Å². The van der Waals surface area contributed by atoms with Crippen molar-refractivity contribution < 1.29 is 10.2 Å². The van der Waals surface area contributed by atoms with Gasteiger partial charge in [0, 0.05) is 12.5 Å². The fourth-order valence-electron chi connectivity index (χ4n) is 0.908. The van der Waals surface area contributed by atoms with Gasteiger partial charge in [-0.3, -0.25) is 0 Å². The van der Waals surface area contributed by atoms with Crippen LogP contribution in [0.5, 0.6) is 5.75 Å². The topological polar surface area (TPSA) is 40.5 Å². The second kappa shape index (κ2) is 3.39. The predicted molar refractivity (Wildman–Crippen MR) is 43.6 cm³/mol. The zero-order valence-corrected chi connectivity index (χ0v) is 6.49. The molecule has 0 aliphatic rings. The molecule has 0 aliphatic heterocycles. The smallest absolute Gasteiger partial charge is 0.115 e. The molecule has 60 valence electrons. The molecule has 0 unspecified atom stereocenters. The van der Waals surface area contributed by atoms with Gasteiger partial charge >= 0.3 is 0 Å². The number of aromatic hydroxyl groups is 1. The first-order valence-electron chi connectivity index (χ1n) is 3.64. The Morgan fingerprint density at radius 2 is 1.82 bits per heavy atom. The molecule has 2 N–H and O–H groups in total. The molecule has 1 aromatic carbocycles. The molecule has 0 spiro atoms. The van der Waals surface area contributed by atoms with Crippen LogP contribution in [-0.4, -0.2) is 16.8 Å². The van der Waals surface area contributed by atoms with Gasteiger partial charge in [0.05, 0.1) is 0 Å². The summed E-state index contributed by atoms with van der Waals surface area (Å²) in [6.07, 6.45) is 0. The summed E-state index contributed by atoms with van der Waals surface area (Å²) in [5.74, 6) is 0.412. The van der Waals surface area contributed by atoms with Crippen LogP contribution in [0, 0.1) is 0 Å². The van der Waals surface area contributed by atoms with E-state index in [2.05, 4.69) is 0 Å². The van der Waals surface area contributed by atoms with E-state index in [0.717, 1.165) is 5.56 Å². The van der Waals surface area contributed by atoms with Crippen molar-refractivity contribution in [2.75, 3.05) is 6.61 Å². The van der Waals surface area contributed by atoms with Crippen molar-refractivity contribution in [3.8, 4) is 5.75 Å². The molecule has 0 heterocycles. The lowest BCUT2D eigenvalue weighted by atomic mass is 10.0. The van der Waals surface area contributed by atoms with Gasteiger partial charge in [0.15, 0.2) is 0 Å². The Balaban J connectivity index is 2.81. The van der Waals surface area contributed by atoms with Gasteiger partial charge in [0.25, 0.3) is 0 Å². The summed E-state index contributed by atoms with van der Waals surface area (Å²) in [5, 5.41) is 17.7. The molecule has 0 aliphatic carbocycles. The highest BCUT2D eigenvalue weighted by Gasteiger charge is 2.01. The molecule has 0 saturated heterocycles. The third-order valence-electron chi connectivity index (χ3n) is 1.74. The van der Waals surface area contributed by atoms with E-state index in [-0.39, 0.29) is 18.3 Å². The summed E-state index contributed by atoms with van der Waals surface area (Å²) in [6, 6.07) is 6.88. The predicted octanol–water partition coefficient (Wildman–Crippen LogP) is 1.49.